The van der Waals surface area contributed by atoms with Crippen molar-refractivity contribution in [1.29, 1.82) is 0 Å². The molecular weight excluding hydrogens is 286 g/mol. The summed E-state index contributed by atoms with van der Waals surface area (Å²) in [5.74, 6) is 3.10. The Morgan fingerprint density at radius 1 is 1.33 bits per heavy atom. The number of nitrogens with zero attached hydrogens (tertiary/aromatic N) is 2. The SMILES string of the molecule is COc1ccc(SCCc2nc(C3(N)CCC3)no2)cc1. The van der Waals surface area contributed by atoms with Crippen LogP contribution in [0.25, 0.3) is 0 Å². The largest absolute Gasteiger partial charge is 0.497 e. The molecule has 0 unspecified atom stereocenters. The molecule has 1 aromatic carbocycles. The van der Waals surface area contributed by atoms with Crippen molar-refractivity contribution in [2.45, 2.75) is 36.1 Å². The normalized spacial score (nSPS) is 16.5. The Morgan fingerprint density at radius 2 is 2.10 bits per heavy atom. The molecule has 0 atom stereocenters. The Balaban J connectivity index is 1.51. The molecule has 1 saturated carbocycles. The van der Waals surface area contributed by atoms with Crippen molar-refractivity contribution in [1.82, 2.24) is 10.1 Å². The van der Waals surface area contributed by atoms with Gasteiger partial charge in [0, 0.05) is 17.1 Å². The second-order valence-corrected chi connectivity index (χ2v) is 6.46. The van der Waals surface area contributed by atoms with E-state index >= 15 is 0 Å². The molecule has 2 aromatic rings. The summed E-state index contributed by atoms with van der Waals surface area (Å²) < 4.78 is 10.4. The van der Waals surface area contributed by atoms with Crippen LogP contribution in [0.5, 0.6) is 5.75 Å². The van der Waals surface area contributed by atoms with Crippen LogP contribution in [0.2, 0.25) is 0 Å². The lowest BCUT2D eigenvalue weighted by Gasteiger charge is -2.34. The van der Waals surface area contributed by atoms with E-state index in [1.807, 2.05) is 24.3 Å². The maximum absolute atomic E-state index is 6.18. The molecule has 5 nitrogen and oxygen atoms in total. The van der Waals surface area contributed by atoms with Gasteiger partial charge in [-0.15, -0.1) is 11.8 Å². The molecule has 0 radical (unpaired) electrons. The molecule has 2 N–H and O–H groups in total. The van der Waals surface area contributed by atoms with E-state index in [9.17, 15) is 0 Å². The summed E-state index contributed by atoms with van der Waals surface area (Å²) in [5.41, 5.74) is 5.84. The molecule has 1 fully saturated rings. The average Bonchev–Trinajstić information content (AvgIpc) is 2.95. The minimum atomic E-state index is -0.342. The Bertz CT molecular complexity index is 593. The summed E-state index contributed by atoms with van der Waals surface area (Å²) in [4.78, 5) is 5.63. The zero-order valence-electron chi connectivity index (χ0n) is 12.0. The van der Waals surface area contributed by atoms with Crippen molar-refractivity contribution in [3.8, 4) is 5.75 Å². The molecule has 3 rings (SSSR count). The van der Waals surface area contributed by atoms with Gasteiger partial charge < -0.3 is 15.0 Å². The monoisotopic (exact) mass is 305 g/mol. The van der Waals surface area contributed by atoms with Gasteiger partial charge in [-0.1, -0.05) is 5.16 Å². The van der Waals surface area contributed by atoms with Crippen LogP contribution in [-0.2, 0) is 12.0 Å². The lowest BCUT2D eigenvalue weighted by Crippen LogP contribution is -2.44. The van der Waals surface area contributed by atoms with Gasteiger partial charge in [-0.3, -0.25) is 0 Å². The third kappa shape index (κ3) is 3.22. The third-order valence-electron chi connectivity index (χ3n) is 3.80. The number of hydrogen-bond donors (Lipinski definition) is 1. The number of benzene rings is 1. The maximum atomic E-state index is 6.18. The average molecular weight is 305 g/mol. The van der Waals surface area contributed by atoms with E-state index < -0.39 is 0 Å². The third-order valence-corrected chi connectivity index (χ3v) is 4.82. The van der Waals surface area contributed by atoms with Crippen LogP contribution < -0.4 is 10.5 Å². The van der Waals surface area contributed by atoms with Gasteiger partial charge in [0.15, 0.2) is 5.82 Å². The number of ether oxygens (including phenoxy) is 1. The fraction of sp³-hybridized carbons (Fsp3) is 0.467. The number of rotatable bonds is 6. The van der Waals surface area contributed by atoms with Gasteiger partial charge in [0.05, 0.1) is 12.6 Å². The quantitative estimate of drug-likeness (QED) is 0.827. The predicted molar refractivity (Wildman–Crippen MR) is 81.4 cm³/mol. The van der Waals surface area contributed by atoms with Gasteiger partial charge in [0.1, 0.15) is 5.75 Å². The Labute approximate surface area is 128 Å². The first-order chi connectivity index (χ1) is 10.2. The summed E-state index contributed by atoms with van der Waals surface area (Å²) >= 11 is 1.76. The zero-order chi connectivity index (χ0) is 14.7. The minimum absolute atomic E-state index is 0.342. The highest BCUT2D eigenvalue weighted by Crippen LogP contribution is 2.36. The lowest BCUT2D eigenvalue weighted by atomic mass is 9.77. The van der Waals surface area contributed by atoms with Crippen molar-refractivity contribution in [2.75, 3.05) is 12.9 Å². The molecule has 0 bridgehead atoms. The van der Waals surface area contributed by atoms with E-state index in [-0.39, 0.29) is 5.54 Å². The molecule has 1 heterocycles. The topological polar surface area (TPSA) is 74.2 Å². The van der Waals surface area contributed by atoms with E-state index in [1.165, 1.54) is 4.90 Å². The van der Waals surface area contributed by atoms with Crippen molar-refractivity contribution in [3.05, 3.63) is 36.0 Å². The van der Waals surface area contributed by atoms with Gasteiger partial charge in [-0.05, 0) is 43.5 Å². The van der Waals surface area contributed by atoms with E-state index in [1.54, 1.807) is 18.9 Å². The number of hydrogen-bond acceptors (Lipinski definition) is 6. The van der Waals surface area contributed by atoms with Gasteiger partial charge in [0.25, 0.3) is 0 Å². The molecule has 0 saturated heterocycles. The van der Waals surface area contributed by atoms with Crippen LogP contribution in [0.1, 0.15) is 31.0 Å². The van der Waals surface area contributed by atoms with Gasteiger partial charge in [-0.25, -0.2) is 0 Å². The molecule has 0 spiro atoms. The Hall–Kier alpha value is -1.53. The molecule has 0 amide bonds. The second kappa shape index (κ2) is 6.07. The summed E-state index contributed by atoms with van der Waals surface area (Å²) in [6.07, 6.45) is 3.80. The second-order valence-electron chi connectivity index (χ2n) is 5.30. The van der Waals surface area contributed by atoms with Crippen molar-refractivity contribution in [3.63, 3.8) is 0 Å². The molecule has 21 heavy (non-hydrogen) atoms. The first-order valence-corrected chi connectivity index (χ1v) is 8.07. The standard InChI is InChI=1S/C15H19N3O2S/c1-19-11-3-5-12(6-4-11)21-10-7-13-17-14(18-20-13)15(16)8-2-9-15/h3-6H,2,7-10,16H2,1H3. The Kier molecular flexibility index (Phi) is 4.17. The maximum Gasteiger partial charge on any atom is 0.227 e. The molecule has 112 valence electrons. The number of methoxy groups -OCH3 is 1. The number of nitrogens with two attached hydrogens (primary N) is 1. The summed E-state index contributed by atoms with van der Waals surface area (Å²) in [5, 5.41) is 4.02. The Morgan fingerprint density at radius 3 is 2.71 bits per heavy atom. The van der Waals surface area contributed by atoms with Crippen molar-refractivity contribution < 1.29 is 9.26 Å². The van der Waals surface area contributed by atoms with Crippen LogP contribution in [-0.4, -0.2) is 23.0 Å². The van der Waals surface area contributed by atoms with Crippen molar-refractivity contribution in [2.24, 2.45) is 5.73 Å². The highest BCUT2D eigenvalue weighted by Gasteiger charge is 2.38. The fourth-order valence-electron chi connectivity index (χ4n) is 2.27. The zero-order valence-corrected chi connectivity index (χ0v) is 12.9. The smallest absolute Gasteiger partial charge is 0.227 e. The highest BCUT2D eigenvalue weighted by atomic mass is 32.2. The molecule has 1 aromatic heterocycles. The van der Waals surface area contributed by atoms with E-state index in [0.29, 0.717) is 11.7 Å². The first-order valence-electron chi connectivity index (χ1n) is 7.08. The first kappa shape index (κ1) is 14.4. The fourth-order valence-corrected chi connectivity index (χ4v) is 3.11. The molecular formula is C15H19N3O2S. The predicted octanol–water partition coefficient (Wildman–Crippen LogP) is 2.75. The number of aromatic nitrogens is 2. The van der Waals surface area contributed by atoms with Crippen molar-refractivity contribution >= 4 is 11.8 Å². The summed E-state index contributed by atoms with van der Waals surface area (Å²) in [6.45, 7) is 0. The van der Waals surface area contributed by atoms with Gasteiger partial charge >= 0.3 is 0 Å². The van der Waals surface area contributed by atoms with Crippen LogP contribution >= 0.6 is 11.8 Å². The van der Waals surface area contributed by atoms with E-state index in [2.05, 4.69) is 10.1 Å². The summed E-state index contributed by atoms with van der Waals surface area (Å²) in [6, 6.07) is 8.02. The number of thioether (sulfide) groups is 1. The molecule has 0 aliphatic heterocycles. The number of aryl methyl sites for hydroxylation is 1. The lowest BCUT2D eigenvalue weighted by molar-refractivity contribution is 0.229. The molecule has 6 heteroatoms. The van der Waals surface area contributed by atoms with Gasteiger partial charge in [0.2, 0.25) is 5.89 Å². The minimum Gasteiger partial charge on any atom is -0.497 e. The highest BCUT2D eigenvalue weighted by molar-refractivity contribution is 7.99. The van der Waals surface area contributed by atoms with Crippen LogP contribution in [0.3, 0.4) is 0 Å². The van der Waals surface area contributed by atoms with E-state index in [0.717, 1.165) is 37.2 Å². The summed E-state index contributed by atoms with van der Waals surface area (Å²) in [7, 11) is 1.67. The molecule has 1 aliphatic carbocycles. The van der Waals surface area contributed by atoms with Crippen LogP contribution in [0, 0.1) is 0 Å². The molecule has 1 aliphatic rings. The van der Waals surface area contributed by atoms with E-state index in [4.69, 9.17) is 15.0 Å². The van der Waals surface area contributed by atoms with Gasteiger partial charge in [-0.2, -0.15) is 4.98 Å². The van der Waals surface area contributed by atoms with Crippen LogP contribution in [0.15, 0.2) is 33.7 Å². The van der Waals surface area contributed by atoms with Crippen LogP contribution in [0.4, 0.5) is 0 Å².